The SMILES string of the molecule is Cc1cc(C)c(C)c(N2C(c3cc(Oc4ccc5cc(C(C)(C)C)cc(O)c5n4)cc(C(C)(C)C)c3)=N[C@@H]3[C@H]2CCCC3(C)C)c1C. The minimum absolute atomic E-state index is 0.0809. The maximum Gasteiger partial charge on any atom is 0.219 e. The standard InChI is InChI=1S/C42H53N3O2/c1-24-18-25(2)27(4)37(26(24)3)45-33-14-13-17-42(11,12)38(33)44-39(45)29-20-30(40(5,6)7)22-32(21-29)47-35-16-15-28-19-31(41(8,9)10)23-34(46)36(28)43-35/h15-16,18-23,33,38,46H,13-14,17H2,1-12H3/t33-,38-/m1/s1. The largest absolute Gasteiger partial charge is 0.506 e. The van der Waals surface area contributed by atoms with Crippen molar-refractivity contribution in [3.8, 4) is 17.4 Å². The Morgan fingerprint density at radius 3 is 2.11 bits per heavy atom. The number of nitrogens with zero attached hydrogens (tertiary/aromatic N) is 3. The summed E-state index contributed by atoms with van der Waals surface area (Å²) in [6.45, 7) is 26.9. The van der Waals surface area contributed by atoms with Gasteiger partial charge in [-0.2, -0.15) is 0 Å². The van der Waals surface area contributed by atoms with Crippen molar-refractivity contribution in [2.45, 2.75) is 125 Å². The first kappa shape index (κ1) is 33.1. The lowest BCUT2D eigenvalue weighted by Gasteiger charge is -2.42. The molecule has 1 aliphatic carbocycles. The summed E-state index contributed by atoms with van der Waals surface area (Å²) in [7, 11) is 0. The van der Waals surface area contributed by atoms with Gasteiger partial charge in [-0.3, -0.25) is 4.99 Å². The van der Waals surface area contributed by atoms with E-state index in [1.54, 1.807) is 0 Å². The van der Waals surface area contributed by atoms with Crippen molar-refractivity contribution in [1.82, 2.24) is 4.98 Å². The quantitative estimate of drug-likeness (QED) is 0.243. The highest BCUT2D eigenvalue weighted by molar-refractivity contribution is 6.13. The molecule has 1 saturated carbocycles. The molecule has 0 unspecified atom stereocenters. The van der Waals surface area contributed by atoms with Gasteiger partial charge in [0.1, 0.15) is 22.9 Å². The summed E-state index contributed by atoms with van der Waals surface area (Å²) in [6.07, 6.45) is 3.50. The number of pyridine rings is 1. The molecule has 47 heavy (non-hydrogen) atoms. The van der Waals surface area contributed by atoms with Crippen molar-refractivity contribution in [1.29, 1.82) is 0 Å². The van der Waals surface area contributed by atoms with Crippen LogP contribution in [-0.2, 0) is 10.8 Å². The molecule has 5 nitrogen and oxygen atoms in total. The Kier molecular flexibility index (Phi) is 8.01. The number of hydrogen-bond acceptors (Lipinski definition) is 5. The van der Waals surface area contributed by atoms with Crippen LogP contribution >= 0.6 is 0 Å². The maximum atomic E-state index is 11.0. The molecule has 6 rings (SSSR count). The maximum absolute atomic E-state index is 11.0. The number of ether oxygens (including phenoxy) is 1. The third-order valence-electron chi connectivity index (χ3n) is 10.7. The van der Waals surface area contributed by atoms with E-state index in [9.17, 15) is 5.11 Å². The van der Waals surface area contributed by atoms with Crippen LogP contribution in [0.1, 0.15) is 114 Å². The molecular weight excluding hydrogens is 578 g/mol. The summed E-state index contributed by atoms with van der Waals surface area (Å²) in [5.41, 5.74) is 10.3. The fourth-order valence-electron chi connectivity index (χ4n) is 7.55. The van der Waals surface area contributed by atoms with E-state index in [1.807, 2.05) is 18.2 Å². The minimum Gasteiger partial charge on any atom is -0.506 e. The molecule has 0 radical (unpaired) electrons. The van der Waals surface area contributed by atoms with E-state index in [-0.39, 0.29) is 28.0 Å². The first-order chi connectivity index (χ1) is 21.8. The third-order valence-corrected chi connectivity index (χ3v) is 10.7. The van der Waals surface area contributed by atoms with Crippen molar-refractivity contribution < 1.29 is 9.84 Å². The summed E-state index contributed by atoms with van der Waals surface area (Å²) in [5.74, 6) is 2.37. The highest BCUT2D eigenvalue weighted by Gasteiger charge is 2.48. The molecule has 4 aromatic rings. The molecule has 3 aromatic carbocycles. The molecule has 0 amide bonds. The second-order valence-electron chi connectivity index (χ2n) is 16.9. The first-order valence-corrected chi connectivity index (χ1v) is 17.3. The predicted octanol–water partition coefficient (Wildman–Crippen LogP) is 10.8. The zero-order valence-electron chi connectivity index (χ0n) is 30.6. The average molecular weight is 632 g/mol. The van der Waals surface area contributed by atoms with Gasteiger partial charge in [0.15, 0.2) is 0 Å². The highest BCUT2D eigenvalue weighted by Crippen LogP contribution is 2.47. The number of phenols is 1. The van der Waals surface area contributed by atoms with Crippen LogP contribution in [0.5, 0.6) is 17.4 Å². The lowest BCUT2D eigenvalue weighted by atomic mass is 9.71. The number of amidine groups is 1. The molecule has 0 saturated heterocycles. The number of aryl methyl sites for hydroxylation is 2. The van der Waals surface area contributed by atoms with Crippen LogP contribution in [0.2, 0.25) is 0 Å². The summed E-state index contributed by atoms with van der Waals surface area (Å²) in [4.78, 5) is 13.0. The molecule has 248 valence electrons. The van der Waals surface area contributed by atoms with Crippen LogP contribution in [0, 0.1) is 33.1 Å². The Morgan fingerprint density at radius 1 is 0.830 bits per heavy atom. The number of aliphatic imine (C=N–C) groups is 1. The molecule has 2 heterocycles. The summed E-state index contributed by atoms with van der Waals surface area (Å²) in [5, 5.41) is 11.9. The Bertz CT molecular complexity index is 1880. The van der Waals surface area contributed by atoms with E-state index in [0.717, 1.165) is 34.5 Å². The molecule has 1 aliphatic heterocycles. The highest BCUT2D eigenvalue weighted by atomic mass is 16.5. The Balaban J connectivity index is 1.49. The van der Waals surface area contributed by atoms with Gasteiger partial charge in [0.2, 0.25) is 5.88 Å². The fourth-order valence-corrected chi connectivity index (χ4v) is 7.55. The van der Waals surface area contributed by atoms with Gasteiger partial charge in [-0.25, -0.2) is 4.98 Å². The van der Waals surface area contributed by atoms with Crippen LogP contribution in [0.4, 0.5) is 5.69 Å². The lowest BCUT2D eigenvalue weighted by Crippen LogP contribution is -2.48. The third kappa shape index (κ3) is 6.03. The Morgan fingerprint density at radius 2 is 1.47 bits per heavy atom. The van der Waals surface area contributed by atoms with E-state index in [0.29, 0.717) is 17.4 Å². The smallest absolute Gasteiger partial charge is 0.219 e. The number of aromatic hydroxyl groups is 1. The van der Waals surface area contributed by atoms with Crippen molar-refractivity contribution in [3.05, 3.63) is 87.5 Å². The second kappa shape index (κ2) is 11.4. The number of benzene rings is 3. The number of anilines is 1. The number of phenolic OH excluding ortho intramolecular Hbond substituents is 1. The first-order valence-electron chi connectivity index (χ1n) is 17.3. The molecule has 1 fully saturated rings. The second-order valence-corrected chi connectivity index (χ2v) is 16.9. The van der Waals surface area contributed by atoms with E-state index in [1.165, 1.54) is 46.3 Å². The van der Waals surface area contributed by atoms with Gasteiger partial charge < -0.3 is 14.7 Å². The van der Waals surface area contributed by atoms with Gasteiger partial charge in [-0.05, 0) is 127 Å². The molecule has 1 aromatic heterocycles. The van der Waals surface area contributed by atoms with Crippen LogP contribution in [0.3, 0.4) is 0 Å². The molecule has 0 bridgehead atoms. The van der Waals surface area contributed by atoms with E-state index in [2.05, 4.69) is 118 Å². The molecular formula is C42H53N3O2. The number of hydrogen-bond donors (Lipinski definition) is 1. The van der Waals surface area contributed by atoms with Gasteiger partial charge in [0.05, 0.1) is 12.1 Å². The van der Waals surface area contributed by atoms with Crippen LogP contribution in [0.25, 0.3) is 10.9 Å². The van der Waals surface area contributed by atoms with Crippen molar-refractivity contribution in [3.63, 3.8) is 0 Å². The number of rotatable bonds is 4. The summed E-state index contributed by atoms with van der Waals surface area (Å²) < 4.78 is 6.57. The predicted molar refractivity (Wildman–Crippen MR) is 197 cm³/mol. The van der Waals surface area contributed by atoms with Crippen LogP contribution < -0.4 is 9.64 Å². The van der Waals surface area contributed by atoms with E-state index < -0.39 is 0 Å². The molecule has 2 atom stereocenters. The van der Waals surface area contributed by atoms with Gasteiger partial charge in [-0.15, -0.1) is 0 Å². The Hall–Kier alpha value is -3.86. The topological polar surface area (TPSA) is 58.0 Å². The zero-order valence-corrected chi connectivity index (χ0v) is 30.6. The van der Waals surface area contributed by atoms with Gasteiger partial charge in [-0.1, -0.05) is 67.9 Å². The zero-order chi connectivity index (χ0) is 34.2. The molecule has 1 N–H and O–H groups in total. The molecule has 5 heteroatoms. The van der Waals surface area contributed by atoms with Gasteiger partial charge >= 0.3 is 0 Å². The monoisotopic (exact) mass is 631 g/mol. The molecule has 0 spiro atoms. The van der Waals surface area contributed by atoms with Gasteiger partial charge in [0.25, 0.3) is 0 Å². The van der Waals surface area contributed by atoms with E-state index >= 15 is 0 Å². The fraction of sp³-hybridized carbons (Fsp3) is 0.476. The lowest BCUT2D eigenvalue weighted by molar-refractivity contribution is 0.190. The summed E-state index contributed by atoms with van der Waals surface area (Å²) in [6, 6.07) is 17.2. The van der Waals surface area contributed by atoms with Crippen LogP contribution in [-0.4, -0.2) is 28.0 Å². The number of fused-ring (bicyclic) bond motifs is 2. The summed E-state index contributed by atoms with van der Waals surface area (Å²) >= 11 is 0. The Labute approximate surface area is 282 Å². The van der Waals surface area contributed by atoms with Crippen molar-refractivity contribution >= 4 is 22.4 Å². The van der Waals surface area contributed by atoms with Gasteiger partial charge in [0, 0.05) is 22.7 Å². The van der Waals surface area contributed by atoms with E-state index in [4.69, 9.17) is 14.7 Å². The molecule has 2 aliphatic rings. The average Bonchev–Trinajstić information content (AvgIpc) is 3.36. The van der Waals surface area contributed by atoms with Crippen molar-refractivity contribution in [2.24, 2.45) is 10.4 Å². The normalized spacial score (nSPS) is 19.6. The number of aromatic nitrogens is 1. The van der Waals surface area contributed by atoms with Crippen LogP contribution in [0.15, 0.2) is 53.5 Å². The van der Waals surface area contributed by atoms with Crippen molar-refractivity contribution in [2.75, 3.05) is 4.90 Å². The minimum atomic E-state index is -0.117.